The number of carboxylic acids is 1. The zero-order chi connectivity index (χ0) is 17.7. The van der Waals surface area contributed by atoms with Crippen LogP contribution in [-0.2, 0) is 9.53 Å². The van der Waals surface area contributed by atoms with Crippen LogP contribution in [0.1, 0.15) is 64.7 Å². The molecule has 25 heavy (non-hydrogen) atoms. The predicted octanol–water partition coefficient (Wildman–Crippen LogP) is 2.34. The average molecular weight is 350 g/mol. The summed E-state index contributed by atoms with van der Waals surface area (Å²) in [6.07, 6.45) is 6.72. The summed E-state index contributed by atoms with van der Waals surface area (Å²) in [5, 5.41) is 31.4. The molecule has 0 unspecified atom stereocenters. The van der Waals surface area contributed by atoms with E-state index in [2.05, 4.69) is 6.92 Å². The van der Waals surface area contributed by atoms with Gasteiger partial charge in [0.2, 0.25) is 0 Å². The van der Waals surface area contributed by atoms with E-state index in [1.54, 1.807) is 0 Å². The van der Waals surface area contributed by atoms with Gasteiger partial charge in [0.1, 0.15) is 0 Å². The summed E-state index contributed by atoms with van der Waals surface area (Å²) in [5.41, 5.74) is -1.47. The first kappa shape index (κ1) is 16.5. The minimum Gasteiger partial charge on any atom is -0.481 e. The number of hydrogen-bond acceptors (Lipinski definition) is 4. The maximum absolute atomic E-state index is 11.8. The number of aliphatic hydroxyl groups excluding tert-OH is 1. The Morgan fingerprint density at radius 1 is 1.04 bits per heavy atom. The van der Waals surface area contributed by atoms with Crippen molar-refractivity contribution >= 4 is 5.97 Å². The van der Waals surface area contributed by atoms with E-state index in [0.717, 1.165) is 44.9 Å². The van der Waals surface area contributed by atoms with Gasteiger partial charge in [-0.05, 0) is 68.6 Å². The van der Waals surface area contributed by atoms with E-state index >= 15 is 0 Å². The minimum absolute atomic E-state index is 0.183. The molecular formula is C20H30O5. The van der Waals surface area contributed by atoms with Gasteiger partial charge >= 0.3 is 5.97 Å². The molecule has 0 aromatic heterocycles. The Morgan fingerprint density at radius 3 is 2.60 bits per heavy atom. The first-order chi connectivity index (χ1) is 11.8. The molecule has 5 nitrogen and oxygen atoms in total. The van der Waals surface area contributed by atoms with Crippen molar-refractivity contribution in [2.45, 2.75) is 82.0 Å². The summed E-state index contributed by atoms with van der Waals surface area (Å²) in [6, 6.07) is 0. The van der Waals surface area contributed by atoms with Crippen LogP contribution < -0.4 is 0 Å². The summed E-state index contributed by atoms with van der Waals surface area (Å²) in [5.74, 6) is -0.310. The van der Waals surface area contributed by atoms with E-state index in [1.807, 2.05) is 0 Å². The van der Waals surface area contributed by atoms with Crippen molar-refractivity contribution in [3.05, 3.63) is 0 Å². The molecule has 1 heterocycles. The predicted molar refractivity (Wildman–Crippen MR) is 89.8 cm³/mol. The number of carboxylic acid groups (broad SMARTS) is 1. The van der Waals surface area contributed by atoms with Crippen LogP contribution in [0.25, 0.3) is 0 Å². The summed E-state index contributed by atoms with van der Waals surface area (Å²) in [7, 11) is 0. The number of ether oxygens (including phenoxy) is 1. The topological polar surface area (TPSA) is 87.0 Å². The van der Waals surface area contributed by atoms with Gasteiger partial charge in [0.25, 0.3) is 0 Å². The van der Waals surface area contributed by atoms with Crippen molar-refractivity contribution in [2.24, 2.45) is 28.6 Å². The quantitative estimate of drug-likeness (QED) is 0.676. The minimum atomic E-state index is -0.812. The summed E-state index contributed by atoms with van der Waals surface area (Å²) in [6.45, 7) is 2.76. The molecule has 1 spiro atoms. The molecule has 0 amide bonds. The molecule has 8 atom stereocenters. The van der Waals surface area contributed by atoms with Gasteiger partial charge in [0.05, 0.1) is 29.8 Å². The molecule has 1 aliphatic heterocycles. The first-order valence-electron chi connectivity index (χ1n) is 10.0. The SMILES string of the molecule is C[C@@]12CC[C@@H]3[C@]4(CC[C@@]5(O)C[C@@H](O)CC[C@@]35CO4)[C@H]1CC[C@H]2C(=O)O. The van der Waals surface area contributed by atoms with Gasteiger partial charge in [0.15, 0.2) is 0 Å². The maximum Gasteiger partial charge on any atom is 0.307 e. The fourth-order valence-corrected chi connectivity index (χ4v) is 8.27. The molecule has 0 aromatic carbocycles. The number of rotatable bonds is 1. The monoisotopic (exact) mass is 350 g/mol. The van der Waals surface area contributed by atoms with Gasteiger partial charge in [-0.3, -0.25) is 4.79 Å². The molecule has 5 heteroatoms. The van der Waals surface area contributed by atoms with Crippen LogP contribution in [0.2, 0.25) is 0 Å². The van der Waals surface area contributed by atoms with Gasteiger partial charge < -0.3 is 20.1 Å². The van der Waals surface area contributed by atoms with Gasteiger partial charge in [-0.15, -0.1) is 0 Å². The molecule has 5 fully saturated rings. The second-order valence-corrected chi connectivity index (χ2v) is 9.95. The zero-order valence-electron chi connectivity index (χ0n) is 15.0. The van der Waals surface area contributed by atoms with E-state index < -0.39 is 17.7 Å². The molecule has 2 bridgehead atoms. The fraction of sp³-hybridized carbons (Fsp3) is 0.950. The molecular weight excluding hydrogens is 320 g/mol. The highest BCUT2D eigenvalue weighted by Gasteiger charge is 2.76. The highest BCUT2D eigenvalue weighted by Crippen LogP contribution is 2.74. The lowest BCUT2D eigenvalue weighted by atomic mass is 9.42. The van der Waals surface area contributed by atoms with Crippen LogP contribution in [-0.4, -0.2) is 45.2 Å². The second kappa shape index (κ2) is 4.79. The van der Waals surface area contributed by atoms with Crippen molar-refractivity contribution in [2.75, 3.05) is 6.61 Å². The summed E-state index contributed by atoms with van der Waals surface area (Å²) in [4.78, 5) is 11.8. The molecule has 4 saturated carbocycles. The van der Waals surface area contributed by atoms with Crippen LogP contribution in [0.15, 0.2) is 0 Å². The lowest BCUT2D eigenvalue weighted by molar-refractivity contribution is -0.216. The Morgan fingerprint density at radius 2 is 1.84 bits per heavy atom. The van der Waals surface area contributed by atoms with Crippen molar-refractivity contribution in [3.8, 4) is 0 Å². The van der Waals surface area contributed by atoms with Crippen LogP contribution in [0.5, 0.6) is 0 Å². The highest BCUT2D eigenvalue weighted by molar-refractivity contribution is 5.71. The molecule has 0 aromatic rings. The molecule has 5 rings (SSSR count). The third kappa shape index (κ3) is 1.73. The van der Waals surface area contributed by atoms with Gasteiger partial charge in [-0.25, -0.2) is 0 Å². The van der Waals surface area contributed by atoms with E-state index in [9.17, 15) is 20.1 Å². The Hall–Kier alpha value is -0.650. The molecule has 1 saturated heterocycles. The van der Waals surface area contributed by atoms with E-state index in [1.165, 1.54) is 0 Å². The maximum atomic E-state index is 11.8. The van der Waals surface area contributed by atoms with E-state index in [0.29, 0.717) is 25.4 Å². The molecule has 140 valence electrons. The number of fused-ring (bicyclic) bond motifs is 1. The molecule has 4 aliphatic carbocycles. The standard InChI is InChI=1S/C20H30O5/c1-17-6-5-15-18-7-4-12(21)10-19(18,24)8-9-20(15,25-11-18)14(17)3-2-13(17)16(22)23/h12-15,21,24H,2-11H2,1H3,(H,22,23)/t12-,13-,14-,15-,17-,18+,19+,20-/m0/s1. The van der Waals surface area contributed by atoms with Gasteiger partial charge in [-0.1, -0.05) is 6.92 Å². The summed E-state index contributed by atoms with van der Waals surface area (Å²) < 4.78 is 6.60. The van der Waals surface area contributed by atoms with Gasteiger partial charge in [0, 0.05) is 11.8 Å². The Bertz CT molecular complexity index is 621. The molecule has 3 N–H and O–H groups in total. The fourth-order valence-electron chi connectivity index (χ4n) is 8.27. The third-order valence-electron chi connectivity index (χ3n) is 9.40. The zero-order valence-corrected chi connectivity index (χ0v) is 15.0. The van der Waals surface area contributed by atoms with Crippen molar-refractivity contribution < 1.29 is 24.9 Å². The first-order valence-corrected chi connectivity index (χ1v) is 10.0. The van der Waals surface area contributed by atoms with Crippen LogP contribution in [0.4, 0.5) is 0 Å². The Kier molecular flexibility index (Phi) is 3.16. The lowest BCUT2D eigenvalue weighted by Crippen LogP contribution is -2.66. The van der Waals surface area contributed by atoms with Gasteiger partial charge in [-0.2, -0.15) is 0 Å². The van der Waals surface area contributed by atoms with Crippen LogP contribution in [0.3, 0.4) is 0 Å². The largest absolute Gasteiger partial charge is 0.481 e. The number of carbonyl (C=O) groups is 1. The summed E-state index contributed by atoms with van der Waals surface area (Å²) >= 11 is 0. The molecule has 0 radical (unpaired) electrons. The second-order valence-electron chi connectivity index (χ2n) is 9.95. The lowest BCUT2D eigenvalue weighted by Gasteiger charge is -2.63. The van der Waals surface area contributed by atoms with Crippen LogP contribution >= 0.6 is 0 Å². The Balaban J connectivity index is 1.56. The number of aliphatic carboxylic acids is 1. The highest BCUT2D eigenvalue weighted by atomic mass is 16.5. The Labute approximate surface area is 148 Å². The van der Waals surface area contributed by atoms with Crippen molar-refractivity contribution in [1.29, 1.82) is 0 Å². The van der Waals surface area contributed by atoms with Crippen molar-refractivity contribution in [3.63, 3.8) is 0 Å². The van der Waals surface area contributed by atoms with E-state index in [-0.39, 0.29) is 28.3 Å². The van der Waals surface area contributed by atoms with Crippen molar-refractivity contribution in [1.82, 2.24) is 0 Å². The van der Waals surface area contributed by atoms with Crippen LogP contribution in [0, 0.1) is 28.6 Å². The smallest absolute Gasteiger partial charge is 0.307 e. The molecule has 5 aliphatic rings. The number of aliphatic hydroxyl groups is 2. The normalized spacial score (nSPS) is 59.8. The number of hydrogen-bond donors (Lipinski definition) is 3. The average Bonchev–Trinajstić information content (AvgIpc) is 3.03. The van der Waals surface area contributed by atoms with E-state index in [4.69, 9.17) is 4.74 Å². The third-order valence-corrected chi connectivity index (χ3v) is 9.40.